The molecule has 4 fully saturated rings. The van der Waals surface area contributed by atoms with E-state index in [1.54, 1.807) is 7.11 Å². The standard InChI is InChI=1S/C16H22O6.C3H8O/c17-15(19-7-9-1-3-11-13(5-9)21-11)8-20-16(18)10-2-4-12-14(6-10)22-12;1-3-4-2/h9-14H,1-8H2;3H2,1-2H3. The van der Waals surface area contributed by atoms with Crippen LogP contribution >= 0.6 is 0 Å². The fourth-order valence-electron chi connectivity index (χ4n) is 3.76. The van der Waals surface area contributed by atoms with Gasteiger partial charge in [0, 0.05) is 13.7 Å². The molecule has 6 atom stereocenters. The zero-order valence-corrected chi connectivity index (χ0v) is 15.7. The maximum absolute atomic E-state index is 11.9. The van der Waals surface area contributed by atoms with Crippen molar-refractivity contribution in [3.8, 4) is 0 Å². The summed E-state index contributed by atoms with van der Waals surface area (Å²) >= 11 is 0. The molecule has 6 unspecified atom stereocenters. The first-order valence-corrected chi connectivity index (χ1v) is 9.72. The Hall–Kier alpha value is -1.18. The smallest absolute Gasteiger partial charge is 0.344 e. The van der Waals surface area contributed by atoms with E-state index in [0.29, 0.717) is 30.8 Å². The number of rotatable bonds is 6. The number of carbonyl (C=O) groups is 2. The number of esters is 2. The first-order valence-electron chi connectivity index (χ1n) is 9.72. The van der Waals surface area contributed by atoms with Gasteiger partial charge in [-0.2, -0.15) is 0 Å². The van der Waals surface area contributed by atoms with E-state index in [2.05, 4.69) is 4.74 Å². The van der Waals surface area contributed by atoms with E-state index in [0.717, 1.165) is 45.1 Å². The van der Waals surface area contributed by atoms with E-state index in [4.69, 9.17) is 18.9 Å². The molecule has 2 aliphatic carbocycles. The van der Waals surface area contributed by atoms with Gasteiger partial charge in [-0.05, 0) is 51.4 Å². The summed E-state index contributed by atoms with van der Waals surface area (Å²) in [7, 11) is 1.68. The molecule has 0 aromatic heterocycles. The van der Waals surface area contributed by atoms with Crippen molar-refractivity contribution in [2.75, 3.05) is 26.9 Å². The van der Waals surface area contributed by atoms with Gasteiger partial charge in [-0.3, -0.25) is 4.79 Å². The molecule has 2 heterocycles. The lowest BCUT2D eigenvalue weighted by atomic mass is 9.89. The van der Waals surface area contributed by atoms with Gasteiger partial charge in [0.1, 0.15) is 0 Å². The Kier molecular flexibility index (Phi) is 6.89. The predicted molar refractivity (Wildman–Crippen MR) is 91.5 cm³/mol. The van der Waals surface area contributed by atoms with Gasteiger partial charge in [0.05, 0.1) is 36.9 Å². The van der Waals surface area contributed by atoms with Gasteiger partial charge in [-0.1, -0.05) is 0 Å². The van der Waals surface area contributed by atoms with Gasteiger partial charge in [0.25, 0.3) is 0 Å². The first-order chi connectivity index (χ1) is 12.6. The summed E-state index contributed by atoms with van der Waals surface area (Å²) in [5, 5.41) is 0. The second-order valence-corrected chi connectivity index (χ2v) is 7.48. The summed E-state index contributed by atoms with van der Waals surface area (Å²) in [4.78, 5) is 23.6. The highest BCUT2D eigenvalue weighted by molar-refractivity contribution is 5.78. The molecule has 0 aromatic rings. The Morgan fingerprint density at radius 1 is 0.923 bits per heavy atom. The van der Waals surface area contributed by atoms with Crippen molar-refractivity contribution in [3.05, 3.63) is 0 Å². The highest BCUT2D eigenvalue weighted by atomic mass is 16.6. The molecule has 0 N–H and O–H groups in total. The van der Waals surface area contributed by atoms with Crippen LogP contribution in [0.5, 0.6) is 0 Å². The van der Waals surface area contributed by atoms with E-state index in [-0.39, 0.29) is 24.6 Å². The van der Waals surface area contributed by atoms with Crippen LogP contribution in [0.4, 0.5) is 0 Å². The highest BCUT2D eigenvalue weighted by Gasteiger charge is 2.46. The number of ether oxygens (including phenoxy) is 5. The molecule has 0 spiro atoms. The molecule has 0 aromatic carbocycles. The van der Waals surface area contributed by atoms with E-state index >= 15 is 0 Å². The molecule has 2 saturated heterocycles. The van der Waals surface area contributed by atoms with Gasteiger partial charge in [0.15, 0.2) is 6.61 Å². The quantitative estimate of drug-likeness (QED) is 0.521. The lowest BCUT2D eigenvalue weighted by Gasteiger charge is -2.19. The van der Waals surface area contributed by atoms with Crippen molar-refractivity contribution < 1.29 is 33.3 Å². The Morgan fingerprint density at radius 3 is 2.19 bits per heavy atom. The molecule has 148 valence electrons. The van der Waals surface area contributed by atoms with Crippen molar-refractivity contribution in [2.24, 2.45) is 11.8 Å². The Balaban J connectivity index is 0.000000447. The number of methoxy groups -OCH3 is 1. The van der Waals surface area contributed by atoms with Gasteiger partial charge in [-0.25, -0.2) is 4.79 Å². The number of epoxide rings is 2. The van der Waals surface area contributed by atoms with Gasteiger partial charge in [-0.15, -0.1) is 0 Å². The lowest BCUT2D eigenvalue weighted by Crippen LogP contribution is -2.27. The fraction of sp³-hybridized carbons (Fsp3) is 0.895. The maximum Gasteiger partial charge on any atom is 0.344 e. The Morgan fingerprint density at radius 2 is 1.58 bits per heavy atom. The monoisotopic (exact) mass is 370 g/mol. The lowest BCUT2D eigenvalue weighted by molar-refractivity contribution is -0.162. The molecule has 0 radical (unpaired) electrons. The number of carbonyl (C=O) groups excluding carboxylic acids is 2. The van der Waals surface area contributed by atoms with Crippen LogP contribution in [0, 0.1) is 11.8 Å². The molecule has 26 heavy (non-hydrogen) atoms. The number of hydrogen-bond donors (Lipinski definition) is 0. The molecular weight excluding hydrogens is 340 g/mol. The van der Waals surface area contributed by atoms with Gasteiger partial charge >= 0.3 is 11.9 Å². The summed E-state index contributed by atoms with van der Waals surface area (Å²) in [5.74, 6) is -0.495. The summed E-state index contributed by atoms with van der Waals surface area (Å²) in [6.07, 6.45) is 6.95. The van der Waals surface area contributed by atoms with Crippen molar-refractivity contribution >= 4 is 11.9 Å². The summed E-state index contributed by atoms with van der Waals surface area (Å²) in [6.45, 7) is 2.91. The highest BCUT2D eigenvalue weighted by Crippen LogP contribution is 2.40. The molecule has 2 aliphatic heterocycles. The van der Waals surface area contributed by atoms with Crippen LogP contribution in [0.25, 0.3) is 0 Å². The average Bonchev–Trinajstić information content (AvgIpc) is 3.57. The largest absolute Gasteiger partial charge is 0.463 e. The van der Waals surface area contributed by atoms with Crippen LogP contribution in [-0.2, 0) is 33.3 Å². The predicted octanol–water partition coefficient (Wildman–Crippen LogP) is 1.86. The minimum absolute atomic E-state index is 0.126. The van der Waals surface area contributed by atoms with E-state index < -0.39 is 5.97 Å². The molecule has 0 bridgehead atoms. The molecule has 7 nitrogen and oxygen atoms in total. The third-order valence-electron chi connectivity index (χ3n) is 5.55. The molecular formula is C19H30O7. The zero-order chi connectivity index (χ0) is 18.5. The summed E-state index contributed by atoms with van der Waals surface area (Å²) in [5.41, 5.74) is 0. The van der Waals surface area contributed by atoms with Gasteiger partial charge < -0.3 is 23.7 Å². The summed E-state index contributed by atoms with van der Waals surface area (Å²) < 4.78 is 25.7. The topological polar surface area (TPSA) is 86.9 Å². The van der Waals surface area contributed by atoms with E-state index in [9.17, 15) is 9.59 Å². The van der Waals surface area contributed by atoms with Crippen LogP contribution in [0.2, 0.25) is 0 Å². The summed E-state index contributed by atoms with van der Waals surface area (Å²) in [6, 6.07) is 0. The van der Waals surface area contributed by atoms with Gasteiger partial charge in [0.2, 0.25) is 0 Å². The van der Waals surface area contributed by atoms with Crippen molar-refractivity contribution in [3.63, 3.8) is 0 Å². The molecule has 2 saturated carbocycles. The minimum atomic E-state index is -0.455. The minimum Gasteiger partial charge on any atom is -0.463 e. The average molecular weight is 370 g/mol. The third kappa shape index (κ3) is 5.66. The van der Waals surface area contributed by atoms with Crippen molar-refractivity contribution in [1.29, 1.82) is 0 Å². The molecule has 4 aliphatic rings. The van der Waals surface area contributed by atoms with E-state index in [1.807, 2.05) is 6.92 Å². The molecule has 4 rings (SSSR count). The van der Waals surface area contributed by atoms with Crippen LogP contribution in [0.1, 0.15) is 45.4 Å². The molecule has 7 heteroatoms. The maximum atomic E-state index is 11.9. The van der Waals surface area contributed by atoms with Crippen LogP contribution in [-0.4, -0.2) is 63.3 Å². The number of hydrogen-bond acceptors (Lipinski definition) is 7. The van der Waals surface area contributed by atoms with Crippen LogP contribution < -0.4 is 0 Å². The normalized spacial score (nSPS) is 36.5. The zero-order valence-electron chi connectivity index (χ0n) is 15.7. The molecule has 0 amide bonds. The van der Waals surface area contributed by atoms with Crippen LogP contribution in [0.15, 0.2) is 0 Å². The van der Waals surface area contributed by atoms with Crippen molar-refractivity contribution in [2.45, 2.75) is 69.9 Å². The van der Waals surface area contributed by atoms with E-state index in [1.165, 1.54) is 0 Å². The van der Waals surface area contributed by atoms with Crippen molar-refractivity contribution in [1.82, 2.24) is 0 Å². The number of fused-ring (bicyclic) bond motifs is 2. The first kappa shape index (κ1) is 19.6. The Bertz CT molecular complexity index is 492. The second-order valence-electron chi connectivity index (χ2n) is 7.48. The van der Waals surface area contributed by atoms with Crippen LogP contribution in [0.3, 0.4) is 0 Å². The SMILES string of the molecule is CCOC.O=C(COC(=O)C1CCC2OC2C1)OCC1CCC2OC2C1. The second kappa shape index (κ2) is 9.15. The fourth-order valence-corrected chi connectivity index (χ4v) is 3.76. The third-order valence-corrected chi connectivity index (χ3v) is 5.55. The Labute approximate surface area is 154 Å².